The van der Waals surface area contributed by atoms with Crippen LogP contribution in [0.2, 0.25) is 0 Å². The molecule has 1 aliphatic heterocycles. The van der Waals surface area contributed by atoms with Gasteiger partial charge in [-0.3, -0.25) is 19.3 Å². The molecule has 3 amide bonds. The second kappa shape index (κ2) is 7.89. The molecule has 0 spiro atoms. The van der Waals surface area contributed by atoms with E-state index in [1.54, 1.807) is 0 Å². The Kier molecular flexibility index (Phi) is 6.50. The van der Waals surface area contributed by atoms with Crippen molar-refractivity contribution in [3.05, 3.63) is 0 Å². The Morgan fingerprint density at radius 3 is 2.55 bits per heavy atom. The highest BCUT2D eigenvalue weighted by atomic mass is 16.2. The van der Waals surface area contributed by atoms with Crippen molar-refractivity contribution < 1.29 is 14.4 Å². The van der Waals surface area contributed by atoms with E-state index in [2.05, 4.69) is 10.6 Å². The monoisotopic (exact) mass is 280 g/mol. The third-order valence-electron chi connectivity index (χ3n) is 3.44. The molecule has 4 N–H and O–H groups in total. The molecule has 0 aromatic heterocycles. The number of nitrogens with two attached hydrogens (primary N) is 1. The van der Waals surface area contributed by atoms with E-state index in [-0.39, 0.29) is 18.5 Å². The number of hydrogen-bond donors (Lipinski definition) is 3. The van der Waals surface area contributed by atoms with Crippen molar-refractivity contribution >= 4 is 25.5 Å². The summed E-state index contributed by atoms with van der Waals surface area (Å²) in [5, 5.41) is 5.12. The summed E-state index contributed by atoms with van der Waals surface area (Å²) < 4.78 is 0. The zero-order chi connectivity index (χ0) is 15.1. The zero-order valence-electron chi connectivity index (χ0n) is 11.7. The molecule has 7 nitrogen and oxygen atoms in total. The Morgan fingerprint density at radius 1 is 1.35 bits per heavy atom. The maximum atomic E-state index is 12.1. The molecule has 2 atom stereocenters. The van der Waals surface area contributed by atoms with Crippen molar-refractivity contribution in [3.63, 3.8) is 0 Å². The number of amides is 3. The summed E-state index contributed by atoms with van der Waals surface area (Å²) >= 11 is 0. The Balaban J connectivity index is 2.49. The van der Waals surface area contributed by atoms with Crippen LogP contribution in [-0.4, -0.2) is 62.1 Å². The first kappa shape index (κ1) is 16.5. The first-order chi connectivity index (χ1) is 9.47. The summed E-state index contributed by atoms with van der Waals surface area (Å²) in [6.45, 7) is 3.15. The van der Waals surface area contributed by atoms with Crippen LogP contribution in [-0.2, 0) is 9.59 Å². The molecule has 0 bridgehead atoms. The van der Waals surface area contributed by atoms with E-state index in [9.17, 15) is 14.4 Å². The molecule has 0 saturated carbocycles. The normalized spacial score (nSPS) is 20.4. The second-order valence-electron chi connectivity index (χ2n) is 4.80. The zero-order valence-corrected chi connectivity index (χ0v) is 11.7. The van der Waals surface area contributed by atoms with Crippen molar-refractivity contribution in [1.29, 1.82) is 0 Å². The van der Waals surface area contributed by atoms with Crippen LogP contribution in [0.4, 0.5) is 4.79 Å². The van der Waals surface area contributed by atoms with Crippen LogP contribution in [0, 0.1) is 0 Å². The van der Waals surface area contributed by atoms with Gasteiger partial charge in [0.05, 0.1) is 12.1 Å². The number of likely N-dealkylation sites (tertiary alicyclic amines) is 1. The van der Waals surface area contributed by atoms with E-state index < -0.39 is 17.8 Å². The lowest BCUT2D eigenvalue weighted by atomic mass is 10.1. The average Bonchev–Trinajstić information content (AvgIpc) is 2.83. The Hall–Kier alpha value is -1.57. The van der Waals surface area contributed by atoms with E-state index in [0.717, 1.165) is 6.42 Å². The first-order valence-corrected chi connectivity index (χ1v) is 6.83. The molecule has 1 saturated heterocycles. The molecule has 2 radical (unpaired) electrons. The molecule has 0 aliphatic carbocycles. The number of primary amides is 1. The van der Waals surface area contributed by atoms with Gasteiger partial charge in [0.2, 0.25) is 11.8 Å². The minimum atomic E-state index is -0.624. The van der Waals surface area contributed by atoms with Crippen molar-refractivity contribution in [1.82, 2.24) is 15.5 Å². The van der Waals surface area contributed by atoms with Gasteiger partial charge in [-0.15, -0.1) is 0 Å². The van der Waals surface area contributed by atoms with E-state index >= 15 is 0 Å². The van der Waals surface area contributed by atoms with Crippen LogP contribution in [0.25, 0.3) is 0 Å². The maximum Gasteiger partial charge on any atom is 0.237 e. The van der Waals surface area contributed by atoms with E-state index in [4.69, 9.17) is 13.6 Å². The predicted molar refractivity (Wildman–Crippen MR) is 75.2 cm³/mol. The fourth-order valence-corrected chi connectivity index (χ4v) is 2.53. The second-order valence-corrected chi connectivity index (χ2v) is 4.80. The highest BCUT2D eigenvalue weighted by molar-refractivity contribution is 6.57. The molecule has 1 heterocycles. The fraction of sp³-hybridized carbons (Fsp3) is 0.750. The molecule has 1 unspecified atom stereocenters. The largest absolute Gasteiger partial charge is 0.368 e. The van der Waals surface area contributed by atoms with Crippen molar-refractivity contribution in [3.8, 4) is 0 Å². The van der Waals surface area contributed by atoms with Gasteiger partial charge in [-0.1, -0.05) is 6.92 Å². The van der Waals surface area contributed by atoms with Crippen LogP contribution < -0.4 is 16.4 Å². The molecule has 1 rings (SSSR count). The molecule has 1 aliphatic rings. The minimum absolute atomic E-state index is 0.145. The molecule has 8 heteroatoms. The lowest BCUT2D eigenvalue weighted by Crippen LogP contribution is -2.52. The van der Waals surface area contributed by atoms with Crippen LogP contribution in [0.5, 0.6) is 0 Å². The van der Waals surface area contributed by atoms with E-state index in [0.29, 0.717) is 25.9 Å². The van der Waals surface area contributed by atoms with Crippen LogP contribution in [0.3, 0.4) is 0 Å². The van der Waals surface area contributed by atoms with Crippen LogP contribution >= 0.6 is 0 Å². The molecule has 1 fully saturated rings. The van der Waals surface area contributed by atoms with Crippen LogP contribution in [0.1, 0.15) is 26.2 Å². The topological polar surface area (TPSA) is 105 Å². The number of rotatable bonds is 7. The van der Waals surface area contributed by atoms with Crippen molar-refractivity contribution in [2.75, 3.05) is 19.6 Å². The van der Waals surface area contributed by atoms with Gasteiger partial charge in [-0.25, -0.2) is 0 Å². The Morgan fingerprint density at radius 2 is 2.00 bits per heavy atom. The molecule has 20 heavy (non-hydrogen) atoms. The average molecular weight is 280 g/mol. The Labute approximate surface area is 120 Å². The number of nitrogens with one attached hydrogen (secondary N) is 2. The van der Waals surface area contributed by atoms with Gasteiger partial charge in [0.15, 0.2) is 13.7 Å². The summed E-state index contributed by atoms with van der Waals surface area (Å²) in [4.78, 5) is 35.9. The molecule has 110 valence electrons. The number of carbonyl (C=O) groups excluding carboxylic acids is 3. The Bertz CT molecular complexity index is 378. The highest BCUT2D eigenvalue weighted by Crippen LogP contribution is 2.21. The van der Waals surface area contributed by atoms with Crippen LogP contribution in [0.15, 0.2) is 0 Å². The SMILES string of the molecule is [B]C(=O)NCCNC(=O)C1CCCN1[C@@H](CC)C(N)=O. The smallest absolute Gasteiger partial charge is 0.237 e. The van der Waals surface area contributed by atoms with Crippen molar-refractivity contribution in [2.24, 2.45) is 5.73 Å². The molecular weight excluding hydrogens is 259 g/mol. The third-order valence-corrected chi connectivity index (χ3v) is 3.44. The summed E-state index contributed by atoms with van der Waals surface area (Å²) in [5.41, 5.74) is 5.37. The van der Waals surface area contributed by atoms with Gasteiger partial charge in [0.25, 0.3) is 0 Å². The summed E-state index contributed by atoms with van der Waals surface area (Å²) in [6.07, 6.45) is 2.16. The number of hydrogen-bond acceptors (Lipinski definition) is 4. The number of carbonyl (C=O) groups is 3. The predicted octanol–water partition coefficient (Wildman–Crippen LogP) is -1.29. The van der Waals surface area contributed by atoms with Gasteiger partial charge >= 0.3 is 0 Å². The highest BCUT2D eigenvalue weighted by Gasteiger charge is 2.36. The van der Waals surface area contributed by atoms with E-state index in [1.807, 2.05) is 11.8 Å². The first-order valence-electron chi connectivity index (χ1n) is 6.83. The molecular formula is C12H21BN4O3. The summed E-state index contributed by atoms with van der Waals surface area (Å²) in [7, 11) is 4.92. The summed E-state index contributed by atoms with van der Waals surface area (Å²) in [6, 6.07) is -0.738. The van der Waals surface area contributed by atoms with Crippen molar-refractivity contribution in [2.45, 2.75) is 38.3 Å². The van der Waals surface area contributed by atoms with Gasteiger partial charge in [0.1, 0.15) is 0 Å². The molecule has 0 aromatic rings. The third kappa shape index (κ3) is 4.52. The van der Waals surface area contributed by atoms with Gasteiger partial charge in [-0.2, -0.15) is 0 Å². The van der Waals surface area contributed by atoms with Gasteiger partial charge < -0.3 is 16.4 Å². The maximum absolute atomic E-state index is 12.1. The standard InChI is InChI=1S/C12H21BN4O3/c1-2-8(10(14)18)17-7-3-4-9(17)11(19)15-5-6-16-12(13)20/h8-9H,2-7H2,1H3,(H2,14,18)(H,15,19)(H,16,20)/t8-,9?/m0/s1. The molecule has 0 aromatic carbocycles. The summed E-state index contributed by atoms with van der Waals surface area (Å²) in [5.74, 6) is -1.17. The minimum Gasteiger partial charge on any atom is -0.368 e. The fourth-order valence-electron chi connectivity index (χ4n) is 2.53. The van der Waals surface area contributed by atoms with E-state index in [1.165, 1.54) is 0 Å². The van der Waals surface area contributed by atoms with Gasteiger partial charge in [0, 0.05) is 13.1 Å². The number of nitrogens with zero attached hydrogens (tertiary/aromatic N) is 1. The van der Waals surface area contributed by atoms with Gasteiger partial charge in [-0.05, 0) is 25.8 Å². The lowest BCUT2D eigenvalue weighted by Gasteiger charge is -2.29. The quantitative estimate of drug-likeness (QED) is 0.398. The lowest BCUT2D eigenvalue weighted by molar-refractivity contribution is -0.129.